The number of halogens is 4. The van der Waals surface area contributed by atoms with E-state index in [1.165, 1.54) is 17.0 Å². The Balaban J connectivity index is 1.07. The number of rotatable bonds is 9. The Bertz CT molecular complexity index is 1430. The Morgan fingerprint density at radius 3 is 2.56 bits per heavy atom. The summed E-state index contributed by atoms with van der Waals surface area (Å²) in [5, 5.41) is 11.0. The van der Waals surface area contributed by atoms with Crippen LogP contribution in [-0.2, 0) is 34.2 Å². The lowest BCUT2D eigenvalue weighted by atomic mass is 10.00. The fourth-order valence-corrected chi connectivity index (χ4v) is 5.39. The van der Waals surface area contributed by atoms with Crippen LogP contribution < -0.4 is 9.64 Å². The summed E-state index contributed by atoms with van der Waals surface area (Å²) in [5.74, 6) is -0.925. The Morgan fingerprint density at radius 2 is 1.91 bits per heavy atom. The van der Waals surface area contributed by atoms with Gasteiger partial charge in [0.05, 0.1) is 31.2 Å². The molecule has 0 bridgehead atoms. The monoisotopic (exact) mass is 609 g/mol. The lowest BCUT2D eigenvalue weighted by Gasteiger charge is -2.40. The Hall–Kier alpha value is -3.75. The van der Waals surface area contributed by atoms with E-state index in [-0.39, 0.29) is 49.5 Å². The number of hydrogen-bond acceptors (Lipinski definition) is 9. The van der Waals surface area contributed by atoms with Gasteiger partial charge in [0.15, 0.2) is 11.6 Å². The fourth-order valence-electron chi connectivity index (χ4n) is 5.39. The predicted octanol–water partition coefficient (Wildman–Crippen LogP) is 4.33. The standard InChI is InChI=1S/C28H35F4N7O4/c1-17(2)24-33-26(43-36-24)37-9-7-19(8-10-37)41-11-12-42-20-6-5-18(21(29)14-20)13-23(40)38-15-22-34-35-25(28(30,31)32)39(22)27(3,4)16-38/h5-6,14,17,19H,7-13,15-16H2,1-4H3. The number of amides is 1. The summed E-state index contributed by atoms with van der Waals surface area (Å²) in [6.45, 7) is 9.05. The van der Waals surface area contributed by atoms with Crippen molar-refractivity contribution in [3.05, 3.63) is 47.1 Å². The van der Waals surface area contributed by atoms with Crippen LogP contribution in [0.5, 0.6) is 5.75 Å². The summed E-state index contributed by atoms with van der Waals surface area (Å²) in [6, 6.07) is 4.79. The molecule has 0 saturated carbocycles. The van der Waals surface area contributed by atoms with Crippen molar-refractivity contribution < 1.29 is 36.4 Å². The molecule has 0 spiro atoms. The van der Waals surface area contributed by atoms with Crippen LogP contribution in [0.15, 0.2) is 22.7 Å². The van der Waals surface area contributed by atoms with Crippen molar-refractivity contribution in [2.75, 3.05) is 37.7 Å². The number of carbonyl (C=O) groups excluding carboxylic acids is 1. The smallest absolute Gasteiger partial charge is 0.451 e. The van der Waals surface area contributed by atoms with Crippen LogP contribution in [0.4, 0.5) is 23.6 Å². The summed E-state index contributed by atoms with van der Waals surface area (Å²) >= 11 is 0. The molecule has 0 N–H and O–H groups in total. The highest BCUT2D eigenvalue weighted by atomic mass is 19.4. The first kappa shape index (κ1) is 30.7. The number of hydrogen-bond donors (Lipinski definition) is 0. The van der Waals surface area contributed by atoms with Crippen molar-refractivity contribution in [2.45, 2.75) is 77.2 Å². The van der Waals surface area contributed by atoms with Gasteiger partial charge < -0.3 is 23.8 Å². The number of fused-ring (bicyclic) bond motifs is 1. The van der Waals surface area contributed by atoms with Gasteiger partial charge in [-0.15, -0.1) is 10.2 Å². The molecule has 0 unspecified atom stereocenters. The highest BCUT2D eigenvalue weighted by Crippen LogP contribution is 2.35. The number of carbonyl (C=O) groups is 1. The van der Waals surface area contributed by atoms with Gasteiger partial charge in [0, 0.05) is 31.6 Å². The highest BCUT2D eigenvalue weighted by Gasteiger charge is 2.45. The number of alkyl halides is 3. The third-order valence-corrected chi connectivity index (χ3v) is 7.58. The summed E-state index contributed by atoms with van der Waals surface area (Å²) in [5.41, 5.74) is -0.943. The molecule has 5 rings (SSSR count). The number of nitrogens with zero attached hydrogens (tertiary/aromatic N) is 7. The fraction of sp³-hybridized carbons (Fsp3) is 0.607. The molecule has 0 radical (unpaired) electrons. The molecule has 1 saturated heterocycles. The second-order valence-electron chi connectivity index (χ2n) is 11.8. The van der Waals surface area contributed by atoms with Gasteiger partial charge in [-0.2, -0.15) is 18.2 Å². The van der Waals surface area contributed by atoms with E-state index in [1.54, 1.807) is 19.9 Å². The van der Waals surface area contributed by atoms with Crippen LogP contribution in [0.3, 0.4) is 0 Å². The van der Waals surface area contributed by atoms with Crippen LogP contribution in [0.25, 0.3) is 0 Å². The Kier molecular flexibility index (Phi) is 8.63. The number of aromatic nitrogens is 5. The van der Waals surface area contributed by atoms with Gasteiger partial charge in [0.25, 0.3) is 0 Å². The van der Waals surface area contributed by atoms with E-state index in [1.807, 2.05) is 18.7 Å². The van der Waals surface area contributed by atoms with Gasteiger partial charge in [0.2, 0.25) is 11.7 Å². The molecule has 1 fully saturated rings. The summed E-state index contributed by atoms with van der Waals surface area (Å²) in [6.07, 6.45) is -3.27. The van der Waals surface area contributed by atoms with Crippen molar-refractivity contribution in [1.82, 2.24) is 29.8 Å². The molecule has 43 heavy (non-hydrogen) atoms. The average molecular weight is 610 g/mol. The van der Waals surface area contributed by atoms with Gasteiger partial charge in [0.1, 0.15) is 18.2 Å². The largest absolute Gasteiger partial charge is 0.491 e. The highest BCUT2D eigenvalue weighted by molar-refractivity contribution is 5.79. The third-order valence-electron chi connectivity index (χ3n) is 7.58. The van der Waals surface area contributed by atoms with Crippen LogP contribution >= 0.6 is 0 Å². The van der Waals surface area contributed by atoms with Gasteiger partial charge >= 0.3 is 12.2 Å². The summed E-state index contributed by atoms with van der Waals surface area (Å²) < 4.78 is 73.0. The first-order valence-corrected chi connectivity index (χ1v) is 14.2. The van der Waals surface area contributed by atoms with E-state index in [9.17, 15) is 22.4 Å². The minimum Gasteiger partial charge on any atom is -0.491 e. The minimum atomic E-state index is -4.67. The molecule has 3 aromatic rings. The van der Waals surface area contributed by atoms with Crippen molar-refractivity contribution in [1.29, 1.82) is 0 Å². The quantitative estimate of drug-likeness (QED) is 0.259. The molecule has 11 nitrogen and oxygen atoms in total. The van der Waals surface area contributed by atoms with E-state index < -0.39 is 29.3 Å². The van der Waals surface area contributed by atoms with Gasteiger partial charge in [-0.1, -0.05) is 25.1 Å². The van der Waals surface area contributed by atoms with E-state index in [2.05, 4.69) is 20.3 Å². The van der Waals surface area contributed by atoms with Crippen LogP contribution in [0.1, 0.15) is 69.5 Å². The summed E-state index contributed by atoms with van der Waals surface area (Å²) in [4.78, 5) is 20.9. The van der Waals surface area contributed by atoms with E-state index in [4.69, 9.17) is 14.0 Å². The maximum Gasteiger partial charge on any atom is 0.451 e. The van der Waals surface area contributed by atoms with E-state index in [0.29, 0.717) is 24.2 Å². The van der Waals surface area contributed by atoms with Crippen molar-refractivity contribution >= 4 is 11.9 Å². The number of benzene rings is 1. The maximum atomic E-state index is 14.9. The number of piperidine rings is 1. The van der Waals surface area contributed by atoms with Crippen molar-refractivity contribution in [3.8, 4) is 5.75 Å². The zero-order valence-corrected chi connectivity index (χ0v) is 24.5. The lowest BCUT2D eigenvalue weighted by molar-refractivity contribution is -0.151. The van der Waals surface area contributed by atoms with Crippen LogP contribution in [-0.4, -0.2) is 74.7 Å². The van der Waals surface area contributed by atoms with Crippen LogP contribution in [0, 0.1) is 5.82 Å². The normalized spacial score (nSPS) is 17.4. The van der Waals surface area contributed by atoms with Gasteiger partial charge in [-0.05, 0) is 38.3 Å². The van der Waals surface area contributed by atoms with Crippen molar-refractivity contribution in [2.24, 2.45) is 0 Å². The van der Waals surface area contributed by atoms with E-state index in [0.717, 1.165) is 30.5 Å². The van der Waals surface area contributed by atoms with Crippen LogP contribution in [0.2, 0.25) is 0 Å². The van der Waals surface area contributed by atoms with Gasteiger partial charge in [-0.25, -0.2) is 4.39 Å². The molecule has 2 aliphatic rings. The van der Waals surface area contributed by atoms with Gasteiger partial charge in [-0.3, -0.25) is 9.36 Å². The Labute approximate surface area is 246 Å². The second kappa shape index (κ2) is 12.1. The molecule has 15 heteroatoms. The molecule has 1 aromatic carbocycles. The third kappa shape index (κ3) is 6.92. The first-order chi connectivity index (χ1) is 20.3. The molecule has 2 aliphatic heterocycles. The second-order valence-corrected chi connectivity index (χ2v) is 11.8. The topological polar surface area (TPSA) is 112 Å². The number of ether oxygens (including phenoxy) is 2. The zero-order valence-electron chi connectivity index (χ0n) is 24.5. The molecule has 0 atom stereocenters. The minimum absolute atomic E-state index is 0.00218. The first-order valence-electron chi connectivity index (χ1n) is 14.2. The summed E-state index contributed by atoms with van der Waals surface area (Å²) in [7, 11) is 0. The number of anilines is 1. The molecule has 1 amide bonds. The average Bonchev–Trinajstić information content (AvgIpc) is 3.61. The zero-order chi connectivity index (χ0) is 30.9. The molecule has 4 heterocycles. The SMILES string of the molecule is CC(C)c1noc(N2CCC(OCCOc3ccc(CC(=O)N4Cc5nnc(C(F)(F)F)n5C(C)(C)C4)c(F)c3)CC2)n1. The molecular formula is C28H35F4N7O4. The van der Waals surface area contributed by atoms with E-state index >= 15 is 0 Å². The molecule has 234 valence electrons. The molecular weight excluding hydrogens is 574 g/mol. The molecule has 2 aromatic heterocycles. The van der Waals surface area contributed by atoms with Crippen molar-refractivity contribution in [3.63, 3.8) is 0 Å². The molecule has 0 aliphatic carbocycles. The predicted molar refractivity (Wildman–Crippen MR) is 145 cm³/mol. The lowest BCUT2D eigenvalue weighted by Crippen LogP contribution is -2.50. The maximum absolute atomic E-state index is 14.9. The Morgan fingerprint density at radius 1 is 1.16 bits per heavy atom.